The molecule has 0 amide bonds. The zero-order chi connectivity index (χ0) is 12.1. The van der Waals surface area contributed by atoms with Crippen LogP contribution in [0.5, 0.6) is 11.5 Å². The van der Waals surface area contributed by atoms with Crippen LogP contribution in [0.3, 0.4) is 0 Å². The molecule has 0 aliphatic carbocycles. The van der Waals surface area contributed by atoms with Gasteiger partial charge in [0.15, 0.2) is 0 Å². The summed E-state index contributed by atoms with van der Waals surface area (Å²) in [7, 11) is 1.60. The third-order valence-electron chi connectivity index (χ3n) is 2.85. The lowest BCUT2D eigenvalue weighted by atomic mass is 10.1. The van der Waals surface area contributed by atoms with Crippen LogP contribution in [0.4, 0.5) is 0 Å². The van der Waals surface area contributed by atoms with Crippen molar-refractivity contribution < 1.29 is 9.47 Å². The van der Waals surface area contributed by atoms with Crippen molar-refractivity contribution in [3.8, 4) is 17.6 Å². The smallest absolute Gasteiger partial charge is 0.141 e. The summed E-state index contributed by atoms with van der Waals surface area (Å²) in [5, 5.41) is 12.3. The molecule has 1 aromatic rings. The number of nitrogens with one attached hydrogen (secondary N) is 1. The van der Waals surface area contributed by atoms with Gasteiger partial charge >= 0.3 is 0 Å². The standard InChI is InChI=1S/C13H16N2O2/c1-16-11-5-4-10(8-14)13(7-11)17-12-3-2-6-15-9-12/h4-5,7,12,15H,2-3,6,9H2,1H3/t12-/m0/s1. The van der Waals surface area contributed by atoms with Crippen LogP contribution in [-0.4, -0.2) is 26.3 Å². The molecule has 4 nitrogen and oxygen atoms in total. The average molecular weight is 232 g/mol. The summed E-state index contributed by atoms with van der Waals surface area (Å²) in [6.45, 7) is 1.88. The highest BCUT2D eigenvalue weighted by molar-refractivity contribution is 5.47. The van der Waals surface area contributed by atoms with Gasteiger partial charge in [-0.25, -0.2) is 0 Å². The molecule has 1 aromatic carbocycles. The van der Waals surface area contributed by atoms with E-state index < -0.39 is 0 Å². The van der Waals surface area contributed by atoms with E-state index in [1.165, 1.54) is 0 Å². The molecule has 1 aliphatic heterocycles. The Hall–Kier alpha value is -1.73. The summed E-state index contributed by atoms with van der Waals surface area (Å²) in [5.41, 5.74) is 0.552. The third-order valence-corrected chi connectivity index (χ3v) is 2.85. The maximum atomic E-state index is 9.03. The number of nitrogens with zero attached hydrogens (tertiary/aromatic N) is 1. The maximum absolute atomic E-state index is 9.03. The SMILES string of the molecule is COc1ccc(C#N)c(O[C@H]2CCCNC2)c1. The Balaban J connectivity index is 2.14. The molecule has 1 aliphatic rings. The molecule has 1 fully saturated rings. The first-order valence-electron chi connectivity index (χ1n) is 5.79. The largest absolute Gasteiger partial charge is 0.497 e. The Bertz CT molecular complexity index is 420. The van der Waals surface area contributed by atoms with Crippen LogP contribution >= 0.6 is 0 Å². The van der Waals surface area contributed by atoms with Crippen LogP contribution in [-0.2, 0) is 0 Å². The predicted molar refractivity (Wildman–Crippen MR) is 64.2 cm³/mol. The van der Waals surface area contributed by atoms with E-state index in [4.69, 9.17) is 14.7 Å². The fourth-order valence-electron chi connectivity index (χ4n) is 1.92. The lowest BCUT2D eigenvalue weighted by Gasteiger charge is -2.24. The molecule has 2 rings (SSSR count). The molecule has 0 radical (unpaired) electrons. The summed E-state index contributed by atoms with van der Waals surface area (Å²) >= 11 is 0. The number of hydrogen-bond donors (Lipinski definition) is 1. The Morgan fingerprint density at radius 2 is 2.35 bits per heavy atom. The molecule has 4 heteroatoms. The quantitative estimate of drug-likeness (QED) is 0.861. The second kappa shape index (κ2) is 5.55. The average Bonchev–Trinajstić information content (AvgIpc) is 2.40. The van der Waals surface area contributed by atoms with Gasteiger partial charge in [0.2, 0.25) is 0 Å². The normalized spacial score (nSPS) is 19.4. The van der Waals surface area contributed by atoms with Gasteiger partial charge in [0.05, 0.1) is 12.7 Å². The van der Waals surface area contributed by atoms with E-state index in [0.29, 0.717) is 17.1 Å². The lowest BCUT2D eigenvalue weighted by Crippen LogP contribution is -2.37. The lowest BCUT2D eigenvalue weighted by molar-refractivity contribution is 0.166. The van der Waals surface area contributed by atoms with Crippen LogP contribution in [0.15, 0.2) is 18.2 Å². The van der Waals surface area contributed by atoms with E-state index >= 15 is 0 Å². The highest BCUT2D eigenvalue weighted by atomic mass is 16.5. The van der Waals surface area contributed by atoms with Gasteiger partial charge in [-0.15, -0.1) is 0 Å². The Morgan fingerprint density at radius 1 is 1.47 bits per heavy atom. The summed E-state index contributed by atoms with van der Waals surface area (Å²) in [4.78, 5) is 0. The van der Waals surface area contributed by atoms with Gasteiger partial charge in [0, 0.05) is 12.6 Å². The molecule has 17 heavy (non-hydrogen) atoms. The van der Waals surface area contributed by atoms with Crippen LogP contribution in [0.2, 0.25) is 0 Å². The van der Waals surface area contributed by atoms with Gasteiger partial charge in [0.25, 0.3) is 0 Å². The summed E-state index contributed by atoms with van der Waals surface area (Å²) in [5.74, 6) is 1.32. The molecule has 0 unspecified atom stereocenters. The van der Waals surface area contributed by atoms with Gasteiger partial charge in [0.1, 0.15) is 23.7 Å². The van der Waals surface area contributed by atoms with Crippen molar-refractivity contribution in [2.45, 2.75) is 18.9 Å². The molecule has 0 bridgehead atoms. The minimum atomic E-state index is 0.142. The van der Waals surface area contributed by atoms with Crippen LogP contribution in [0.1, 0.15) is 18.4 Å². The third kappa shape index (κ3) is 2.89. The molecule has 1 heterocycles. The predicted octanol–water partition coefficient (Wildman–Crippen LogP) is 1.70. The monoisotopic (exact) mass is 232 g/mol. The molecule has 1 atom stereocenters. The first kappa shape index (κ1) is 11.7. The number of piperidine rings is 1. The first-order valence-corrected chi connectivity index (χ1v) is 5.79. The molecule has 0 aromatic heterocycles. The van der Waals surface area contributed by atoms with Crippen LogP contribution in [0, 0.1) is 11.3 Å². The van der Waals surface area contributed by atoms with E-state index in [9.17, 15) is 0 Å². The number of methoxy groups -OCH3 is 1. The molecular formula is C13H16N2O2. The number of rotatable bonds is 3. The highest BCUT2D eigenvalue weighted by Crippen LogP contribution is 2.26. The van der Waals surface area contributed by atoms with E-state index in [2.05, 4.69) is 11.4 Å². The summed E-state index contributed by atoms with van der Waals surface area (Å²) in [6.07, 6.45) is 2.27. The fraction of sp³-hybridized carbons (Fsp3) is 0.462. The van der Waals surface area contributed by atoms with Crippen LogP contribution < -0.4 is 14.8 Å². The van der Waals surface area contributed by atoms with Gasteiger partial charge in [-0.3, -0.25) is 0 Å². The number of ether oxygens (including phenoxy) is 2. The maximum Gasteiger partial charge on any atom is 0.141 e. The Labute approximate surface area is 101 Å². The molecule has 1 N–H and O–H groups in total. The second-order valence-corrected chi connectivity index (χ2v) is 4.06. The van der Waals surface area contributed by atoms with Gasteiger partial charge in [-0.05, 0) is 31.5 Å². The van der Waals surface area contributed by atoms with Gasteiger partial charge in [-0.2, -0.15) is 5.26 Å². The minimum absolute atomic E-state index is 0.142. The Kier molecular flexibility index (Phi) is 3.84. The Morgan fingerprint density at radius 3 is 3.00 bits per heavy atom. The molecule has 90 valence electrons. The summed E-state index contributed by atoms with van der Waals surface area (Å²) in [6, 6.07) is 7.40. The van der Waals surface area contributed by atoms with Crippen molar-refractivity contribution in [3.63, 3.8) is 0 Å². The number of hydrogen-bond acceptors (Lipinski definition) is 4. The fourth-order valence-corrected chi connectivity index (χ4v) is 1.92. The second-order valence-electron chi connectivity index (χ2n) is 4.06. The molecular weight excluding hydrogens is 216 g/mol. The summed E-state index contributed by atoms with van der Waals surface area (Å²) < 4.78 is 11.0. The molecule has 1 saturated heterocycles. The zero-order valence-electron chi connectivity index (χ0n) is 9.90. The van der Waals surface area contributed by atoms with E-state index in [1.54, 1.807) is 25.3 Å². The first-order chi connectivity index (χ1) is 8.33. The zero-order valence-corrected chi connectivity index (χ0v) is 9.90. The molecule has 0 spiro atoms. The van der Waals surface area contributed by atoms with E-state index in [-0.39, 0.29) is 6.10 Å². The van der Waals surface area contributed by atoms with Crippen molar-refractivity contribution in [2.75, 3.05) is 20.2 Å². The van der Waals surface area contributed by atoms with Crippen molar-refractivity contribution in [3.05, 3.63) is 23.8 Å². The number of nitriles is 1. The van der Waals surface area contributed by atoms with Crippen molar-refractivity contribution >= 4 is 0 Å². The van der Waals surface area contributed by atoms with E-state index in [0.717, 1.165) is 25.9 Å². The minimum Gasteiger partial charge on any atom is -0.497 e. The van der Waals surface area contributed by atoms with Crippen molar-refractivity contribution in [1.29, 1.82) is 5.26 Å². The van der Waals surface area contributed by atoms with Gasteiger partial charge < -0.3 is 14.8 Å². The topological polar surface area (TPSA) is 54.3 Å². The van der Waals surface area contributed by atoms with E-state index in [1.807, 2.05) is 0 Å². The van der Waals surface area contributed by atoms with Gasteiger partial charge in [-0.1, -0.05) is 0 Å². The number of benzene rings is 1. The highest BCUT2D eigenvalue weighted by Gasteiger charge is 2.16. The van der Waals surface area contributed by atoms with Crippen LogP contribution in [0.25, 0.3) is 0 Å². The van der Waals surface area contributed by atoms with Crippen molar-refractivity contribution in [2.24, 2.45) is 0 Å². The van der Waals surface area contributed by atoms with Crippen molar-refractivity contribution in [1.82, 2.24) is 5.32 Å². The molecule has 0 saturated carbocycles.